The van der Waals surface area contributed by atoms with Crippen LogP contribution in [0.2, 0.25) is 0 Å². The number of hydrogen-bond donors (Lipinski definition) is 0. The average Bonchev–Trinajstić information content (AvgIpc) is 2.99. The minimum Gasteiger partial charge on any atom is -0.465 e. The molecule has 47 heavy (non-hydrogen) atoms. The zero-order valence-corrected chi connectivity index (χ0v) is 29.0. The van der Waals surface area contributed by atoms with Crippen LogP contribution >= 0.6 is 12.0 Å². The summed E-state index contributed by atoms with van der Waals surface area (Å²) in [6.07, 6.45) is -0.0868. The predicted molar refractivity (Wildman–Crippen MR) is 159 cm³/mol. The third-order valence-electron chi connectivity index (χ3n) is 5.55. The van der Waals surface area contributed by atoms with Crippen LogP contribution in [0.25, 0.3) is 0 Å². The highest BCUT2D eigenvalue weighted by Crippen LogP contribution is 2.27. The fourth-order valence-corrected chi connectivity index (χ4v) is 5.07. The first-order valence-corrected chi connectivity index (χ1v) is 16.9. The maximum Gasteiger partial charge on any atom is 0.328 e. The Bertz CT molecular complexity index is 1090. The van der Waals surface area contributed by atoms with Gasteiger partial charge in [-0.2, -0.15) is 8.42 Å². The van der Waals surface area contributed by atoms with Gasteiger partial charge in [0.1, 0.15) is 0 Å². The van der Waals surface area contributed by atoms with E-state index in [4.69, 9.17) is 36.8 Å². The Kier molecular flexibility index (Phi) is 21.8. The van der Waals surface area contributed by atoms with Crippen molar-refractivity contribution in [2.75, 3.05) is 77.9 Å². The van der Waals surface area contributed by atoms with Crippen molar-refractivity contribution in [2.45, 2.75) is 48.0 Å². The van der Waals surface area contributed by atoms with Gasteiger partial charge in [0, 0.05) is 19.6 Å². The molecule has 0 amide bonds. The number of ether oxygens (including phenoxy) is 8. The molecule has 18 nitrogen and oxygen atoms in total. The van der Waals surface area contributed by atoms with Gasteiger partial charge in [0.05, 0.1) is 58.6 Å². The van der Waals surface area contributed by atoms with E-state index in [1.54, 1.807) is 0 Å². The summed E-state index contributed by atoms with van der Waals surface area (Å²) in [7, 11) is -4.37. The molecular weight excluding hydrogens is 676 g/mol. The van der Waals surface area contributed by atoms with Crippen LogP contribution in [0.1, 0.15) is 48.0 Å². The van der Waals surface area contributed by atoms with Crippen LogP contribution in [-0.2, 0) is 85.1 Å². The van der Waals surface area contributed by atoms with Crippen molar-refractivity contribution in [3.63, 3.8) is 0 Å². The lowest BCUT2D eigenvalue weighted by Crippen LogP contribution is -2.50. The average molecular weight is 721 g/mol. The highest BCUT2D eigenvalue weighted by molar-refractivity contribution is 7.94. The second-order valence-electron chi connectivity index (χ2n) is 9.21. The van der Waals surface area contributed by atoms with Gasteiger partial charge in [-0.25, -0.2) is 0 Å². The van der Waals surface area contributed by atoms with Crippen LogP contribution in [0.3, 0.4) is 0 Å². The van der Waals surface area contributed by atoms with Gasteiger partial charge in [0.2, 0.25) is 10.8 Å². The molecule has 0 saturated heterocycles. The van der Waals surface area contributed by atoms with Gasteiger partial charge in [-0.1, -0.05) is 0 Å². The summed E-state index contributed by atoms with van der Waals surface area (Å²) in [5.41, 5.74) is -4.45. The fourth-order valence-electron chi connectivity index (χ4n) is 3.22. The molecule has 0 saturated carbocycles. The number of hydrogen-bond acceptors (Lipinski definition) is 19. The summed E-state index contributed by atoms with van der Waals surface area (Å²) in [6, 6.07) is 0. The molecule has 0 aliphatic rings. The SMILES string of the molecule is CCOC(=O)C(COCOC(C)=O)(COSCCCS(=O)(=O)OCC(COCOC(C)=O)(C(=O)OCC)C(=O)OCC)C(=O)OCC. The highest BCUT2D eigenvalue weighted by atomic mass is 32.2. The lowest BCUT2D eigenvalue weighted by atomic mass is 9.90. The quantitative estimate of drug-likeness (QED) is 0.0228. The van der Waals surface area contributed by atoms with Gasteiger partial charge in [-0.05, 0) is 46.2 Å². The van der Waals surface area contributed by atoms with E-state index in [9.17, 15) is 37.2 Å². The molecular formula is C27H44O18S2. The fraction of sp³-hybridized carbons (Fsp3) is 0.778. The maximum atomic E-state index is 12.8. The number of carbonyl (C=O) groups excluding carboxylic acids is 6. The van der Waals surface area contributed by atoms with E-state index >= 15 is 0 Å². The molecule has 0 aliphatic carbocycles. The van der Waals surface area contributed by atoms with E-state index in [1.807, 2.05) is 0 Å². The molecule has 0 unspecified atom stereocenters. The molecule has 0 aliphatic heterocycles. The summed E-state index contributed by atoms with van der Waals surface area (Å²) in [5, 5.41) is 0. The zero-order valence-electron chi connectivity index (χ0n) is 27.4. The molecule has 0 aromatic heterocycles. The van der Waals surface area contributed by atoms with E-state index in [1.165, 1.54) is 27.7 Å². The van der Waals surface area contributed by atoms with Crippen molar-refractivity contribution in [1.82, 2.24) is 0 Å². The highest BCUT2D eigenvalue weighted by Gasteiger charge is 2.52. The minimum atomic E-state index is -4.37. The Morgan fingerprint density at radius 2 is 0.957 bits per heavy atom. The largest absolute Gasteiger partial charge is 0.465 e. The molecule has 0 aromatic carbocycles. The second-order valence-corrected chi connectivity index (χ2v) is 11.9. The molecule has 0 spiro atoms. The maximum absolute atomic E-state index is 12.8. The predicted octanol–water partition coefficient (Wildman–Crippen LogP) is 0.687. The molecule has 0 radical (unpaired) electrons. The summed E-state index contributed by atoms with van der Waals surface area (Å²) in [4.78, 5) is 73.4. The van der Waals surface area contributed by atoms with E-state index in [2.05, 4.69) is 9.47 Å². The van der Waals surface area contributed by atoms with Crippen LogP contribution in [0.4, 0.5) is 0 Å². The number of rotatable bonds is 26. The Morgan fingerprint density at radius 3 is 1.32 bits per heavy atom. The summed E-state index contributed by atoms with van der Waals surface area (Å²) >= 11 is 0.712. The van der Waals surface area contributed by atoms with Crippen LogP contribution < -0.4 is 0 Å². The van der Waals surface area contributed by atoms with E-state index in [0.717, 1.165) is 13.8 Å². The normalized spacial score (nSPS) is 11.7. The molecule has 0 rings (SSSR count). The molecule has 0 heterocycles. The summed E-state index contributed by atoms with van der Waals surface area (Å²) < 4.78 is 75.5. The molecule has 0 N–H and O–H groups in total. The third-order valence-corrected chi connectivity index (χ3v) is 7.55. The molecule has 272 valence electrons. The Balaban J connectivity index is 5.48. The lowest BCUT2D eigenvalue weighted by Gasteiger charge is -2.28. The third kappa shape index (κ3) is 16.1. The van der Waals surface area contributed by atoms with Crippen molar-refractivity contribution in [1.29, 1.82) is 0 Å². The second kappa shape index (κ2) is 23.3. The number of carbonyl (C=O) groups is 6. The molecule has 0 bridgehead atoms. The first-order valence-electron chi connectivity index (χ1n) is 14.4. The Morgan fingerprint density at radius 1 is 0.574 bits per heavy atom. The minimum absolute atomic E-state index is 0.00498. The smallest absolute Gasteiger partial charge is 0.328 e. The molecule has 0 atom stereocenters. The van der Waals surface area contributed by atoms with Crippen LogP contribution in [-0.4, -0.2) is 122 Å². The Labute approximate surface area is 277 Å². The topological polar surface area (TPSA) is 229 Å². The lowest BCUT2D eigenvalue weighted by molar-refractivity contribution is -0.186. The standard InChI is InChI=1S/C27H44O18S2/c1-7-38-22(30)26(23(31)39-8-2,14-36-18-42-20(5)28)16-44-46-12-11-13-47(34,35)45-17-27(24(32)40-9-3,25(33)41-10-4)15-37-19-43-21(6)29/h7-19H2,1-6H3. The number of esters is 6. The molecule has 0 fully saturated rings. The van der Waals surface area contributed by atoms with Gasteiger partial charge in [-0.3, -0.25) is 33.0 Å². The van der Waals surface area contributed by atoms with E-state index in [0.29, 0.717) is 12.0 Å². The van der Waals surface area contributed by atoms with Gasteiger partial charge >= 0.3 is 35.8 Å². The molecule has 20 heteroatoms. The first-order chi connectivity index (χ1) is 22.2. The Hall–Kier alpha value is -3.04. The van der Waals surface area contributed by atoms with Crippen LogP contribution in [0, 0.1) is 10.8 Å². The summed E-state index contributed by atoms with van der Waals surface area (Å²) in [5.74, 6) is -6.34. The van der Waals surface area contributed by atoms with E-state index < -0.39 is 103 Å². The molecule has 0 aromatic rings. The van der Waals surface area contributed by atoms with Gasteiger partial charge in [0.25, 0.3) is 10.1 Å². The first kappa shape index (κ1) is 44.0. The van der Waals surface area contributed by atoms with Crippen LogP contribution in [0.5, 0.6) is 0 Å². The van der Waals surface area contributed by atoms with Crippen molar-refractivity contribution in [3.8, 4) is 0 Å². The van der Waals surface area contributed by atoms with Gasteiger partial charge in [-0.15, -0.1) is 0 Å². The van der Waals surface area contributed by atoms with Crippen molar-refractivity contribution in [3.05, 3.63) is 0 Å². The summed E-state index contributed by atoms with van der Waals surface area (Å²) in [6.45, 7) is 3.45. The van der Waals surface area contributed by atoms with Gasteiger partial charge < -0.3 is 42.1 Å². The van der Waals surface area contributed by atoms with Gasteiger partial charge in [0.15, 0.2) is 13.6 Å². The monoisotopic (exact) mass is 720 g/mol. The van der Waals surface area contributed by atoms with Crippen molar-refractivity contribution in [2.24, 2.45) is 10.8 Å². The van der Waals surface area contributed by atoms with Crippen molar-refractivity contribution >= 4 is 58.0 Å². The van der Waals surface area contributed by atoms with Crippen LogP contribution in [0.15, 0.2) is 0 Å². The van der Waals surface area contributed by atoms with E-state index in [-0.39, 0.29) is 38.6 Å². The zero-order chi connectivity index (χ0) is 35.9. The van der Waals surface area contributed by atoms with Crippen molar-refractivity contribution < 1.29 is 83.4 Å².